The summed E-state index contributed by atoms with van der Waals surface area (Å²) in [7, 11) is 1.56. The molecule has 8 nitrogen and oxygen atoms in total. The van der Waals surface area contributed by atoms with Crippen LogP contribution in [-0.4, -0.2) is 42.4 Å². The first kappa shape index (κ1) is 20.2. The summed E-state index contributed by atoms with van der Waals surface area (Å²) in [6.45, 7) is 1.94. The van der Waals surface area contributed by atoms with E-state index in [2.05, 4.69) is 16.0 Å². The molecule has 3 N–H and O–H groups in total. The van der Waals surface area contributed by atoms with Crippen LogP contribution in [0.15, 0.2) is 48.5 Å². The summed E-state index contributed by atoms with van der Waals surface area (Å²) in [5.74, 6) is 0.238. The number of carbonyl (C=O) groups is 3. The van der Waals surface area contributed by atoms with Crippen LogP contribution in [0.25, 0.3) is 0 Å². The molecule has 2 aromatic rings. The Morgan fingerprint density at radius 1 is 0.966 bits per heavy atom. The van der Waals surface area contributed by atoms with Gasteiger partial charge in [0, 0.05) is 36.6 Å². The quantitative estimate of drug-likeness (QED) is 0.722. The number of rotatable bonds is 5. The van der Waals surface area contributed by atoms with Crippen molar-refractivity contribution in [1.29, 1.82) is 0 Å². The number of amides is 4. The molecule has 2 aromatic carbocycles. The first-order valence-electron chi connectivity index (χ1n) is 9.36. The number of anilines is 3. The average molecular weight is 396 g/mol. The summed E-state index contributed by atoms with van der Waals surface area (Å²) in [6.07, 6.45) is 1.35. The number of methoxy groups -OCH3 is 1. The first-order valence-corrected chi connectivity index (χ1v) is 9.36. The van der Waals surface area contributed by atoms with E-state index in [4.69, 9.17) is 4.74 Å². The highest BCUT2D eigenvalue weighted by Crippen LogP contribution is 2.23. The number of nitrogens with zero attached hydrogens (tertiary/aromatic N) is 1. The van der Waals surface area contributed by atoms with Gasteiger partial charge in [-0.1, -0.05) is 6.07 Å². The van der Waals surface area contributed by atoms with Crippen molar-refractivity contribution in [3.8, 4) is 5.75 Å². The average Bonchev–Trinajstić information content (AvgIpc) is 3.19. The maximum atomic E-state index is 12.7. The van der Waals surface area contributed by atoms with E-state index in [1.54, 1.807) is 60.5 Å². The highest BCUT2D eigenvalue weighted by atomic mass is 16.5. The van der Waals surface area contributed by atoms with E-state index in [-0.39, 0.29) is 17.8 Å². The monoisotopic (exact) mass is 396 g/mol. The van der Waals surface area contributed by atoms with Gasteiger partial charge in [-0.25, -0.2) is 4.79 Å². The van der Waals surface area contributed by atoms with Gasteiger partial charge in [0.1, 0.15) is 11.8 Å². The molecule has 0 aromatic heterocycles. The highest BCUT2D eigenvalue weighted by Gasteiger charge is 2.34. The second kappa shape index (κ2) is 9.09. The van der Waals surface area contributed by atoms with Gasteiger partial charge in [0.15, 0.2) is 0 Å². The third-order valence-electron chi connectivity index (χ3n) is 4.61. The fourth-order valence-electron chi connectivity index (χ4n) is 3.24. The summed E-state index contributed by atoms with van der Waals surface area (Å²) < 4.78 is 5.17. The fraction of sp³-hybridized carbons (Fsp3) is 0.286. The van der Waals surface area contributed by atoms with Crippen molar-refractivity contribution in [1.82, 2.24) is 4.90 Å². The summed E-state index contributed by atoms with van der Waals surface area (Å²) in [6, 6.07) is 13.0. The van der Waals surface area contributed by atoms with Crippen LogP contribution in [0.4, 0.5) is 21.9 Å². The maximum absolute atomic E-state index is 12.7. The van der Waals surface area contributed by atoms with Crippen molar-refractivity contribution in [3.05, 3.63) is 48.5 Å². The summed E-state index contributed by atoms with van der Waals surface area (Å²) >= 11 is 0. The summed E-state index contributed by atoms with van der Waals surface area (Å²) in [4.78, 5) is 38.0. The molecule has 1 heterocycles. The van der Waals surface area contributed by atoms with Crippen LogP contribution in [0.5, 0.6) is 5.75 Å². The zero-order chi connectivity index (χ0) is 20.8. The van der Waals surface area contributed by atoms with Crippen molar-refractivity contribution < 1.29 is 19.1 Å². The Morgan fingerprint density at radius 2 is 1.66 bits per heavy atom. The molecule has 1 saturated heterocycles. The minimum absolute atomic E-state index is 0.162. The first-order chi connectivity index (χ1) is 14.0. The van der Waals surface area contributed by atoms with Crippen molar-refractivity contribution >= 4 is 34.9 Å². The molecule has 1 atom stereocenters. The van der Waals surface area contributed by atoms with E-state index >= 15 is 0 Å². The molecule has 8 heteroatoms. The van der Waals surface area contributed by atoms with Crippen LogP contribution in [0.1, 0.15) is 19.8 Å². The third kappa shape index (κ3) is 5.25. The molecule has 29 heavy (non-hydrogen) atoms. The predicted molar refractivity (Wildman–Crippen MR) is 111 cm³/mol. The van der Waals surface area contributed by atoms with E-state index < -0.39 is 6.04 Å². The molecule has 1 aliphatic rings. The van der Waals surface area contributed by atoms with Gasteiger partial charge in [0.25, 0.3) is 0 Å². The Hall–Kier alpha value is -3.55. The molecular formula is C21H24N4O4. The largest absolute Gasteiger partial charge is 0.497 e. The van der Waals surface area contributed by atoms with Crippen LogP contribution < -0.4 is 20.7 Å². The molecule has 1 unspecified atom stereocenters. The van der Waals surface area contributed by atoms with Gasteiger partial charge in [0.2, 0.25) is 11.8 Å². The number of hydrogen-bond donors (Lipinski definition) is 3. The van der Waals surface area contributed by atoms with Gasteiger partial charge in [0.05, 0.1) is 7.11 Å². The number of likely N-dealkylation sites (tertiary alicyclic amines) is 1. The topological polar surface area (TPSA) is 99.8 Å². The number of benzene rings is 2. The zero-order valence-electron chi connectivity index (χ0n) is 16.4. The number of ether oxygens (including phenoxy) is 1. The summed E-state index contributed by atoms with van der Waals surface area (Å²) in [5, 5.41) is 8.33. The molecule has 0 aliphatic carbocycles. The SMILES string of the molecule is COc1cccc(NC(=O)N2CCCC2C(=O)Nc2ccc(NC(C)=O)cc2)c1. The smallest absolute Gasteiger partial charge is 0.322 e. The van der Waals surface area contributed by atoms with Gasteiger partial charge in [-0.15, -0.1) is 0 Å². The molecule has 1 fully saturated rings. The second-order valence-corrected chi connectivity index (χ2v) is 6.76. The lowest BCUT2D eigenvalue weighted by Gasteiger charge is -2.24. The Labute approximate surface area is 169 Å². The zero-order valence-corrected chi connectivity index (χ0v) is 16.4. The molecule has 4 amide bonds. The molecule has 0 saturated carbocycles. The molecular weight excluding hydrogens is 372 g/mol. The van der Waals surface area contributed by atoms with Gasteiger partial charge in [-0.2, -0.15) is 0 Å². The van der Waals surface area contributed by atoms with Crippen LogP contribution in [-0.2, 0) is 9.59 Å². The normalized spacial score (nSPS) is 15.5. The molecule has 1 aliphatic heterocycles. The lowest BCUT2D eigenvalue weighted by atomic mass is 10.2. The molecule has 0 bridgehead atoms. The lowest BCUT2D eigenvalue weighted by molar-refractivity contribution is -0.119. The van der Waals surface area contributed by atoms with Crippen molar-refractivity contribution in [2.24, 2.45) is 0 Å². The van der Waals surface area contributed by atoms with Gasteiger partial charge < -0.3 is 25.6 Å². The third-order valence-corrected chi connectivity index (χ3v) is 4.61. The van der Waals surface area contributed by atoms with Crippen LogP contribution in [0.3, 0.4) is 0 Å². The Morgan fingerprint density at radius 3 is 2.31 bits per heavy atom. The van der Waals surface area contributed by atoms with Crippen LogP contribution >= 0.6 is 0 Å². The van der Waals surface area contributed by atoms with E-state index in [0.29, 0.717) is 35.8 Å². The standard InChI is InChI=1S/C21H24N4O4/c1-14(26)22-15-8-10-16(11-9-15)23-20(27)19-7-4-12-25(19)21(28)24-17-5-3-6-18(13-17)29-2/h3,5-6,8-11,13,19H,4,7,12H2,1-2H3,(H,22,26)(H,23,27)(H,24,28). The maximum Gasteiger partial charge on any atom is 0.322 e. The van der Waals surface area contributed by atoms with Crippen molar-refractivity contribution in [2.45, 2.75) is 25.8 Å². The molecule has 0 spiro atoms. The molecule has 152 valence electrons. The summed E-state index contributed by atoms with van der Waals surface area (Å²) in [5.41, 5.74) is 1.86. The minimum atomic E-state index is -0.546. The fourth-order valence-corrected chi connectivity index (χ4v) is 3.24. The Balaban J connectivity index is 1.62. The number of carbonyl (C=O) groups excluding carboxylic acids is 3. The number of hydrogen-bond acceptors (Lipinski definition) is 4. The minimum Gasteiger partial charge on any atom is -0.497 e. The number of urea groups is 1. The molecule has 3 rings (SSSR count). The van der Waals surface area contributed by atoms with E-state index in [1.165, 1.54) is 6.92 Å². The van der Waals surface area contributed by atoms with E-state index in [0.717, 1.165) is 6.42 Å². The molecule has 0 radical (unpaired) electrons. The van der Waals surface area contributed by atoms with Gasteiger partial charge in [-0.05, 0) is 49.2 Å². The predicted octanol–water partition coefficient (Wildman–Crippen LogP) is 3.29. The van der Waals surface area contributed by atoms with Crippen molar-refractivity contribution in [2.75, 3.05) is 29.6 Å². The Kier molecular flexibility index (Phi) is 6.33. The Bertz CT molecular complexity index is 898. The number of nitrogens with one attached hydrogen (secondary N) is 3. The van der Waals surface area contributed by atoms with Crippen LogP contribution in [0.2, 0.25) is 0 Å². The van der Waals surface area contributed by atoms with E-state index in [1.807, 2.05) is 0 Å². The van der Waals surface area contributed by atoms with Gasteiger partial charge in [-0.3, -0.25) is 9.59 Å². The van der Waals surface area contributed by atoms with Crippen molar-refractivity contribution in [3.63, 3.8) is 0 Å². The highest BCUT2D eigenvalue weighted by molar-refractivity contribution is 6.00. The lowest BCUT2D eigenvalue weighted by Crippen LogP contribution is -2.45. The second-order valence-electron chi connectivity index (χ2n) is 6.76. The van der Waals surface area contributed by atoms with Gasteiger partial charge >= 0.3 is 6.03 Å². The van der Waals surface area contributed by atoms with Crippen LogP contribution in [0, 0.1) is 0 Å². The van der Waals surface area contributed by atoms with E-state index in [9.17, 15) is 14.4 Å².